The van der Waals surface area contributed by atoms with Crippen LogP contribution in [0.15, 0.2) is 73.1 Å². The maximum absolute atomic E-state index is 12.8. The Balaban J connectivity index is 1.36. The van der Waals surface area contributed by atoms with E-state index in [0.29, 0.717) is 0 Å². The average molecular weight is 402 g/mol. The number of benzene rings is 2. The van der Waals surface area contributed by atoms with Crippen LogP contribution in [0.25, 0.3) is 11.1 Å². The molecule has 0 radical (unpaired) electrons. The van der Waals surface area contributed by atoms with Crippen molar-refractivity contribution in [2.75, 3.05) is 25.5 Å². The lowest BCUT2D eigenvalue weighted by Crippen LogP contribution is -2.40. The van der Waals surface area contributed by atoms with Crippen LogP contribution in [0.5, 0.6) is 5.75 Å². The summed E-state index contributed by atoms with van der Waals surface area (Å²) in [5, 5.41) is 3.09. The number of ether oxygens (including phenoxy) is 1. The molecule has 5 nitrogen and oxygen atoms in total. The molecule has 0 bridgehead atoms. The summed E-state index contributed by atoms with van der Waals surface area (Å²) >= 11 is 0. The number of amides is 1. The van der Waals surface area contributed by atoms with Crippen LogP contribution < -0.4 is 10.1 Å². The molecule has 1 aliphatic rings. The van der Waals surface area contributed by atoms with E-state index < -0.39 is 0 Å². The number of carbonyl (C=O) groups is 1. The molecule has 0 spiro atoms. The molecule has 3 aromatic rings. The van der Waals surface area contributed by atoms with Crippen LogP contribution in [0, 0.1) is 5.92 Å². The summed E-state index contributed by atoms with van der Waals surface area (Å²) in [5.41, 5.74) is 4.19. The topological polar surface area (TPSA) is 54.5 Å². The molecule has 5 heteroatoms. The Bertz CT molecular complexity index is 973. The number of aromatic nitrogens is 1. The van der Waals surface area contributed by atoms with Crippen molar-refractivity contribution in [3.63, 3.8) is 0 Å². The SMILES string of the molecule is COc1cccc(-c2ccc(NC(=O)[C@H]3CCCN(Cc4cccnc4)C3)cc2)c1. The van der Waals surface area contributed by atoms with Crippen LogP contribution in [0.1, 0.15) is 18.4 Å². The lowest BCUT2D eigenvalue weighted by atomic mass is 9.96. The van der Waals surface area contributed by atoms with Crippen molar-refractivity contribution in [2.45, 2.75) is 19.4 Å². The number of rotatable bonds is 6. The van der Waals surface area contributed by atoms with Crippen LogP contribution in [-0.2, 0) is 11.3 Å². The second-order valence-electron chi connectivity index (χ2n) is 7.73. The van der Waals surface area contributed by atoms with Gasteiger partial charge in [0.15, 0.2) is 0 Å². The van der Waals surface area contributed by atoms with Crippen molar-refractivity contribution >= 4 is 11.6 Å². The molecular formula is C25H27N3O2. The Morgan fingerprint density at radius 1 is 1.13 bits per heavy atom. The van der Waals surface area contributed by atoms with Crippen molar-refractivity contribution in [3.05, 3.63) is 78.6 Å². The van der Waals surface area contributed by atoms with Gasteiger partial charge in [-0.3, -0.25) is 14.7 Å². The van der Waals surface area contributed by atoms with Crippen molar-refractivity contribution in [2.24, 2.45) is 5.92 Å². The molecule has 0 unspecified atom stereocenters. The van der Waals surface area contributed by atoms with Gasteiger partial charge in [-0.25, -0.2) is 0 Å². The van der Waals surface area contributed by atoms with Crippen molar-refractivity contribution < 1.29 is 9.53 Å². The average Bonchev–Trinajstić information content (AvgIpc) is 2.80. The second kappa shape index (κ2) is 9.55. The zero-order valence-electron chi connectivity index (χ0n) is 17.3. The Morgan fingerprint density at radius 3 is 2.77 bits per heavy atom. The van der Waals surface area contributed by atoms with Crippen LogP contribution in [0.4, 0.5) is 5.69 Å². The number of methoxy groups -OCH3 is 1. The van der Waals surface area contributed by atoms with E-state index in [9.17, 15) is 4.79 Å². The van der Waals surface area contributed by atoms with Gasteiger partial charge in [0, 0.05) is 31.2 Å². The third-order valence-corrected chi connectivity index (χ3v) is 5.56. The highest BCUT2D eigenvalue weighted by Gasteiger charge is 2.25. The van der Waals surface area contributed by atoms with Crippen LogP contribution >= 0.6 is 0 Å². The second-order valence-corrected chi connectivity index (χ2v) is 7.73. The number of nitrogens with one attached hydrogen (secondary N) is 1. The Morgan fingerprint density at radius 2 is 2.00 bits per heavy atom. The minimum Gasteiger partial charge on any atom is -0.497 e. The van der Waals surface area contributed by atoms with Gasteiger partial charge in [-0.1, -0.05) is 30.3 Å². The molecular weight excluding hydrogens is 374 g/mol. The third-order valence-electron chi connectivity index (χ3n) is 5.56. The number of anilines is 1. The van der Waals surface area contributed by atoms with Crippen molar-refractivity contribution in [3.8, 4) is 16.9 Å². The first-order valence-corrected chi connectivity index (χ1v) is 10.4. The molecule has 0 aliphatic carbocycles. The van der Waals surface area contributed by atoms with Gasteiger partial charge in [0.25, 0.3) is 0 Å². The number of hydrogen-bond donors (Lipinski definition) is 1. The van der Waals surface area contributed by atoms with Gasteiger partial charge in [0.1, 0.15) is 5.75 Å². The standard InChI is InChI=1S/C25H27N3O2/c1-30-24-8-2-6-21(15-24)20-9-11-23(12-10-20)27-25(29)22-7-4-14-28(18-22)17-19-5-3-13-26-16-19/h2-3,5-6,8-13,15-16,22H,4,7,14,17-18H2,1H3,(H,27,29)/t22-/m0/s1. The zero-order valence-corrected chi connectivity index (χ0v) is 17.3. The van der Waals surface area contributed by atoms with E-state index in [4.69, 9.17) is 4.74 Å². The quantitative estimate of drug-likeness (QED) is 0.655. The largest absolute Gasteiger partial charge is 0.497 e. The predicted molar refractivity (Wildman–Crippen MR) is 119 cm³/mol. The molecule has 1 amide bonds. The van der Waals surface area contributed by atoms with Crippen LogP contribution in [0.2, 0.25) is 0 Å². The van der Waals surface area contributed by atoms with Gasteiger partial charge in [-0.05, 0) is 66.4 Å². The normalized spacial score (nSPS) is 16.8. The Kier molecular flexibility index (Phi) is 6.40. The third kappa shape index (κ3) is 5.05. The highest BCUT2D eigenvalue weighted by Crippen LogP contribution is 2.26. The molecule has 1 aromatic heterocycles. The first-order chi connectivity index (χ1) is 14.7. The van der Waals surface area contributed by atoms with Crippen LogP contribution in [-0.4, -0.2) is 36.0 Å². The summed E-state index contributed by atoms with van der Waals surface area (Å²) in [4.78, 5) is 19.4. The summed E-state index contributed by atoms with van der Waals surface area (Å²) < 4.78 is 5.30. The van der Waals surface area contributed by atoms with E-state index in [1.54, 1.807) is 13.3 Å². The number of piperidine rings is 1. The molecule has 1 atom stereocenters. The number of hydrogen-bond acceptors (Lipinski definition) is 4. The lowest BCUT2D eigenvalue weighted by Gasteiger charge is -2.32. The number of nitrogens with zero attached hydrogens (tertiary/aromatic N) is 2. The van der Waals surface area contributed by atoms with Gasteiger partial charge < -0.3 is 10.1 Å². The molecule has 0 saturated carbocycles. The first-order valence-electron chi connectivity index (χ1n) is 10.4. The fourth-order valence-corrected chi connectivity index (χ4v) is 3.96. The van der Waals surface area contributed by atoms with E-state index >= 15 is 0 Å². The molecule has 1 fully saturated rings. The maximum Gasteiger partial charge on any atom is 0.228 e. The summed E-state index contributed by atoms with van der Waals surface area (Å²) in [6.07, 6.45) is 5.65. The zero-order chi connectivity index (χ0) is 20.8. The van der Waals surface area contributed by atoms with Gasteiger partial charge in [-0.2, -0.15) is 0 Å². The summed E-state index contributed by atoms with van der Waals surface area (Å²) in [7, 11) is 1.67. The highest BCUT2D eigenvalue weighted by atomic mass is 16.5. The van der Waals surface area contributed by atoms with Gasteiger partial charge in [0.05, 0.1) is 13.0 Å². The molecule has 1 saturated heterocycles. The molecule has 154 valence electrons. The van der Waals surface area contributed by atoms with E-state index in [2.05, 4.69) is 27.3 Å². The molecule has 30 heavy (non-hydrogen) atoms. The first kappa shape index (κ1) is 20.1. The summed E-state index contributed by atoms with van der Waals surface area (Å²) in [5.74, 6) is 0.937. The number of likely N-dealkylation sites (tertiary alicyclic amines) is 1. The molecule has 4 rings (SSSR count). The Hall–Kier alpha value is -3.18. The summed E-state index contributed by atoms with van der Waals surface area (Å²) in [6.45, 7) is 2.64. The number of pyridine rings is 1. The van der Waals surface area contributed by atoms with Gasteiger partial charge >= 0.3 is 0 Å². The molecule has 2 aromatic carbocycles. The minimum atomic E-state index is 0.00785. The highest BCUT2D eigenvalue weighted by molar-refractivity contribution is 5.93. The van der Waals surface area contributed by atoms with Crippen LogP contribution in [0.3, 0.4) is 0 Å². The van der Waals surface area contributed by atoms with Crippen molar-refractivity contribution in [1.82, 2.24) is 9.88 Å². The summed E-state index contributed by atoms with van der Waals surface area (Å²) in [6, 6.07) is 20.0. The number of carbonyl (C=O) groups excluding carboxylic acids is 1. The van der Waals surface area contributed by atoms with E-state index in [1.807, 2.05) is 54.7 Å². The maximum atomic E-state index is 12.8. The predicted octanol–water partition coefficient (Wildman–Crippen LogP) is 4.61. The molecule has 1 aliphatic heterocycles. The fourth-order valence-electron chi connectivity index (χ4n) is 3.96. The van der Waals surface area contributed by atoms with Gasteiger partial charge in [0.2, 0.25) is 5.91 Å². The smallest absolute Gasteiger partial charge is 0.228 e. The Labute approximate surface area is 177 Å². The molecule has 1 N–H and O–H groups in total. The van der Waals surface area contributed by atoms with E-state index in [1.165, 1.54) is 5.56 Å². The van der Waals surface area contributed by atoms with E-state index in [-0.39, 0.29) is 11.8 Å². The fraction of sp³-hybridized carbons (Fsp3) is 0.280. The lowest BCUT2D eigenvalue weighted by molar-refractivity contribution is -0.121. The van der Waals surface area contributed by atoms with Gasteiger partial charge in [-0.15, -0.1) is 0 Å². The van der Waals surface area contributed by atoms with Crippen molar-refractivity contribution in [1.29, 1.82) is 0 Å². The molecule has 2 heterocycles. The monoisotopic (exact) mass is 401 g/mol. The van der Waals surface area contributed by atoms with E-state index in [0.717, 1.165) is 55.0 Å². The minimum absolute atomic E-state index is 0.00785.